The summed E-state index contributed by atoms with van der Waals surface area (Å²) in [5, 5.41) is 0. The van der Waals surface area contributed by atoms with Crippen molar-refractivity contribution in [3.63, 3.8) is 0 Å². The monoisotopic (exact) mass is 237 g/mol. The van der Waals surface area contributed by atoms with Gasteiger partial charge in [0, 0.05) is 17.9 Å². The van der Waals surface area contributed by atoms with Gasteiger partial charge in [-0.05, 0) is 42.9 Å². The molecule has 1 aliphatic carbocycles. The summed E-state index contributed by atoms with van der Waals surface area (Å²) < 4.78 is 0. The molecule has 0 amide bonds. The van der Waals surface area contributed by atoms with Crippen molar-refractivity contribution in [2.45, 2.75) is 25.7 Å². The quantitative estimate of drug-likeness (QED) is 0.696. The van der Waals surface area contributed by atoms with Gasteiger partial charge in [-0.3, -0.25) is 0 Å². The maximum atomic E-state index is 3.91. The Bertz CT molecular complexity index is 522. The van der Waals surface area contributed by atoms with Gasteiger partial charge in [0.25, 0.3) is 0 Å². The van der Waals surface area contributed by atoms with Crippen molar-refractivity contribution in [2.75, 3.05) is 11.4 Å². The minimum absolute atomic E-state index is 0.906. The predicted octanol–water partition coefficient (Wildman–Crippen LogP) is 4.23. The molecule has 1 nitrogen and oxygen atoms in total. The molecule has 18 heavy (non-hydrogen) atoms. The molecule has 0 N–H and O–H groups in total. The van der Waals surface area contributed by atoms with E-state index >= 15 is 0 Å². The lowest BCUT2D eigenvalue weighted by Crippen LogP contribution is -2.24. The van der Waals surface area contributed by atoms with Crippen molar-refractivity contribution in [3.05, 3.63) is 65.9 Å². The van der Waals surface area contributed by atoms with Crippen molar-refractivity contribution < 1.29 is 0 Å². The van der Waals surface area contributed by atoms with Crippen LogP contribution in [0.3, 0.4) is 0 Å². The van der Waals surface area contributed by atoms with Crippen LogP contribution in [0.1, 0.15) is 24.8 Å². The van der Waals surface area contributed by atoms with Gasteiger partial charge in [-0.2, -0.15) is 0 Å². The molecule has 3 rings (SSSR count). The molecular weight excluding hydrogens is 218 g/mol. The first-order valence-corrected chi connectivity index (χ1v) is 6.75. The van der Waals surface area contributed by atoms with E-state index in [4.69, 9.17) is 0 Å². The van der Waals surface area contributed by atoms with Crippen LogP contribution in [-0.2, 0) is 6.42 Å². The normalized spacial score (nSPS) is 18.1. The second-order valence-corrected chi connectivity index (χ2v) is 4.94. The Morgan fingerprint density at radius 1 is 1.17 bits per heavy atom. The molecule has 1 heterocycles. The Labute approximate surface area is 109 Å². The third kappa shape index (κ3) is 1.90. The number of fused-ring (bicyclic) bond motifs is 1. The van der Waals surface area contributed by atoms with Crippen LogP contribution in [0.2, 0.25) is 0 Å². The van der Waals surface area contributed by atoms with Gasteiger partial charge in [-0.15, -0.1) is 6.58 Å². The third-order valence-corrected chi connectivity index (χ3v) is 3.82. The second-order valence-electron chi connectivity index (χ2n) is 4.94. The van der Waals surface area contributed by atoms with Crippen LogP contribution in [0.25, 0.3) is 0 Å². The Morgan fingerprint density at radius 2 is 2.06 bits per heavy atom. The van der Waals surface area contributed by atoms with E-state index in [-0.39, 0.29) is 0 Å². The molecule has 1 aliphatic heterocycles. The van der Waals surface area contributed by atoms with E-state index in [0.29, 0.717) is 0 Å². The summed E-state index contributed by atoms with van der Waals surface area (Å²) in [4.78, 5) is 2.45. The van der Waals surface area contributed by atoms with Crippen LogP contribution in [0.15, 0.2) is 60.3 Å². The summed E-state index contributed by atoms with van der Waals surface area (Å²) in [5.74, 6) is 0. The Morgan fingerprint density at radius 3 is 2.94 bits per heavy atom. The zero-order chi connectivity index (χ0) is 12.4. The van der Waals surface area contributed by atoms with Crippen LogP contribution in [0.5, 0.6) is 0 Å². The summed E-state index contributed by atoms with van der Waals surface area (Å²) in [5.41, 5.74) is 5.85. The number of benzene rings is 1. The Hall–Kier alpha value is -1.76. The largest absolute Gasteiger partial charge is 0.341 e. The molecule has 0 radical (unpaired) electrons. The van der Waals surface area contributed by atoms with Crippen LogP contribution in [-0.4, -0.2) is 6.54 Å². The number of anilines is 1. The number of hydrogen-bond acceptors (Lipinski definition) is 1. The van der Waals surface area contributed by atoms with Gasteiger partial charge in [0.15, 0.2) is 0 Å². The Balaban J connectivity index is 2.10. The highest BCUT2D eigenvalue weighted by Gasteiger charge is 2.21. The molecule has 1 aromatic rings. The highest BCUT2D eigenvalue weighted by molar-refractivity contribution is 5.62. The van der Waals surface area contributed by atoms with E-state index in [2.05, 4.69) is 47.9 Å². The molecule has 0 saturated heterocycles. The van der Waals surface area contributed by atoms with E-state index in [1.54, 1.807) is 0 Å². The second kappa shape index (κ2) is 4.85. The van der Waals surface area contributed by atoms with Gasteiger partial charge in [0.1, 0.15) is 0 Å². The zero-order valence-corrected chi connectivity index (χ0v) is 10.7. The fourth-order valence-corrected chi connectivity index (χ4v) is 2.98. The maximum Gasteiger partial charge on any atom is 0.0443 e. The molecular formula is C17H19N. The first-order chi connectivity index (χ1) is 8.90. The average molecular weight is 237 g/mol. The molecule has 0 unspecified atom stereocenters. The first-order valence-electron chi connectivity index (χ1n) is 6.75. The zero-order valence-electron chi connectivity index (χ0n) is 10.7. The summed E-state index contributed by atoms with van der Waals surface area (Å²) >= 11 is 0. The lowest BCUT2D eigenvalue weighted by molar-refractivity contribution is 0.841. The number of hydrogen-bond donors (Lipinski definition) is 0. The average Bonchev–Trinajstić information content (AvgIpc) is 2.58. The minimum Gasteiger partial charge on any atom is -0.341 e. The van der Waals surface area contributed by atoms with Gasteiger partial charge in [0.2, 0.25) is 0 Å². The summed E-state index contributed by atoms with van der Waals surface area (Å²) in [7, 11) is 0. The highest BCUT2D eigenvalue weighted by atomic mass is 15.1. The molecule has 0 saturated carbocycles. The van der Waals surface area contributed by atoms with E-state index in [0.717, 1.165) is 32.2 Å². The SMILES string of the molecule is C=CCN1C2=C(C=CCC2)CCc2ccccc21. The smallest absolute Gasteiger partial charge is 0.0443 e. The van der Waals surface area contributed by atoms with Crippen molar-refractivity contribution >= 4 is 5.69 Å². The molecule has 0 bridgehead atoms. The van der Waals surface area contributed by atoms with Crippen LogP contribution >= 0.6 is 0 Å². The lowest BCUT2D eigenvalue weighted by atomic mass is 9.99. The molecule has 0 fully saturated rings. The maximum absolute atomic E-state index is 3.91. The molecule has 0 spiro atoms. The summed E-state index contributed by atoms with van der Waals surface area (Å²) in [6, 6.07) is 8.78. The van der Waals surface area contributed by atoms with Gasteiger partial charge < -0.3 is 4.90 Å². The number of nitrogens with zero attached hydrogens (tertiary/aromatic N) is 1. The van der Waals surface area contributed by atoms with Crippen LogP contribution < -0.4 is 4.90 Å². The lowest BCUT2D eigenvalue weighted by Gasteiger charge is -2.29. The first kappa shape index (κ1) is 11.3. The van der Waals surface area contributed by atoms with Crippen molar-refractivity contribution in [3.8, 4) is 0 Å². The summed E-state index contributed by atoms with van der Waals surface area (Å²) in [6.07, 6.45) is 11.3. The fraction of sp³-hybridized carbons (Fsp3) is 0.294. The van der Waals surface area contributed by atoms with Gasteiger partial charge >= 0.3 is 0 Å². The topological polar surface area (TPSA) is 3.24 Å². The fourth-order valence-electron chi connectivity index (χ4n) is 2.98. The standard InChI is InChI=1S/C17H19N/c1-2-13-18-16-9-5-3-7-14(16)11-12-15-8-4-6-10-17(15)18/h2-5,7-9H,1,6,10-13H2. The number of rotatable bonds is 2. The van der Waals surface area contributed by atoms with Crippen molar-refractivity contribution in [1.29, 1.82) is 0 Å². The van der Waals surface area contributed by atoms with Gasteiger partial charge in [-0.1, -0.05) is 36.4 Å². The van der Waals surface area contributed by atoms with Gasteiger partial charge in [0.05, 0.1) is 0 Å². The number of aryl methyl sites for hydroxylation is 1. The molecule has 92 valence electrons. The molecule has 0 aromatic heterocycles. The molecule has 1 aromatic carbocycles. The van der Waals surface area contributed by atoms with Crippen LogP contribution in [0, 0.1) is 0 Å². The van der Waals surface area contributed by atoms with E-state index in [1.807, 2.05) is 6.08 Å². The Kier molecular flexibility index (Phi) is 3.06. The predicted molar refractivity (Wildman–Crippen MR) is 77.7 cm³/mol. The van der Waals surface area contributed by atoms with Crippen molar-refractivity contribution in [1.82, 2.24) is 0 Å². The molecule has 1 heteroatoms. The molecule has 2 aliphatic rings. The summed E-state index contributed by atoms with van der Waals surface area (Å²) in [6.45, 7) is 4.82. The minimum atomic E-state index is 0.906. The highest BCUT2D eigenvalue weighted by Crippen LogP contribution is 2.35. The molecule has 0 atom stereocenters. The number of para-hydroxylation sites is 1. The third-order valence-electron chi connectivity index (χ3n) is 3.82. The van der Waals surface area contributed by atoms with Gasteiger partial charge in [-0.25, -0.2) is 0 Å². The van der Waals surface area contributed by atoms with Crippen molar-refractivity contribution in [2.24, 2.45) is 0 Å². The number of allylic oxidation sites excluding steroid dienone is 4. The van der Waals surface area contributed by atoms with E-state index in [9.17, 15) is 0 Å². The van der Waals surface area contributed by atoms with Crippen LogP contribution in [0.4, 0.5) is 5.69 Å². The van der Waals surface area contributed by atoms with E-state index in [1.165, 1.54) is 22.5 Å². The van der Waals surface area contributed by atoms with E-state index < -0.39 is 0 Å².